The summed E-state index contributed by atoms with van der Waals surface area (Å²) < 4.78 is 0. The van der Waals surface area contributed by atoms with Gasteiger partial charge in [0.15, 0.2) is 0 Å². The van der Waals surface area contributed by atoms with Crippen molar-refractivity contribution in [3.63, 3.8) is 0 Å². The summed E-state index contributed by atoms with van der Waals surface area (Å²) in [4.78, 5) is 42.8. The fourth-order valence-electron chi connectivity index (χ4n) is 3.63. The molecule has 0 atom stereocenters. The van der Waals surface area contributed by atoms with Crippen LogP contribution >= 0.6 is 0 Å². The smallest absolute Gasteiger partial charge is 0.258 e. The second-order valence-electron chi connectivity index (χ2n) is 6.58. The second-order valence-corrected chi connectivity index (χ2v) is 6.58. The van der Waals surface area contributed by atoms with Crippen LogP contribution in [0.25, 0.3) is 16.7 Å². The van der Waals surface area contributed by atoms with Gasteiger partial charge >= 0.3 is 0 Å². The third-order valence-corrected chi connectivity index (χ3v) is 4.85. The molecule has 1 saturated carbocycles. The minimum absolute atomic E-state index is 0.0145. The van der Waals surface area contributed by atoms with E-state index in [4.69, 9.17) is 0 Å². The number of allylic oxidation sites excluding steroid dienone is 1. The van der Waals surface area contributed by atoms with Gasteiger partial charge in [-0.15, -0.1) is 0 Å². The fourth-order valence-corrected chi connectivity index (χ4v) is 3.63. The van der Waals surface area contributed by atoms with Gasteiger partial charge in [0, 0.05) is 29.2 Å². The highest BCUT2D eigenvalue weighted by Crippen LogP contribution is 2.55. The molecule has 0 unspecified atom stereocenters. The topological polar surface area (TPSA) is 173 Å². The van der Waals surface area contributed by atoms with Gasteiger partial charge in [0.2, 0.25) is 0 Å². The van der Waals surface area contributed by atoms with Crippen molar-refractivity contribution in [1.29, 1.82) is 0 Å². The maximum Gasteiger partial charge on any atom is 0.284 e. The predicted molar refractivity (Wildman–Crippen MR) is 106 cm³/mol. The molecule has 2 aliphatic carbocycles. The first-order valence-corrected chi connectivity index (χ1v) is 8.57. The largest absolute Gasteiger partial charge is 0.284 e. The Labute approximate surface area is 173 Å². The molecule has 0 aromatic heterocycles. The molecule has 0 spiro atoms. The molecular weight excluding hydrogens is 412 g/mol. The molecule has 2 aromatic rings. The zero-order chi connectivity index (χ0) is 22.4. The molecule has 5 radical (unpaired) electrons. The Morgan fingerprint density at radius 3 is 1.39 bits per heavy atom. The number of nitrogens with zero attached hydrogens (tertiary/aromatic N) is 4. The Bertz CT molecular complexity index is 1130. The first kappa shape index (κ1) is 20.1. The van der Waals surface area contributed by atoms with Gasteiger partial charge in [-0.25, -0.2) is 0 Å². The molecule has 153 valence electrons. The van der Waals surface area contributed by atoms with E-state index >= 15 is 0 Å². The highest BCUT2D eigenvalue weighted by Gasteiger charge is 2.40. The summed E-state index contributed by atoms with van der Waals surface area (Å²) in [5.74, 6) is 0.608. The minimum atomic E-state index is -0.869. The number of fused-ring (bicyclic) bond motifs is 3. The standard InChI is InChI=1S/C19H9N4O8/c24-20(25)11-6-14-13(5-10-3-1-2-4-10)15-7-12(21(26)27)9-17(23(30)31)19(15)18(14)16(8-11)22(28)29/h1-9H. The first-order valence-electron chi connectivity index (χ1n) is 8.57. The van der Waals surface area contributed by atoms with Crippen molar-refractivity contribution in [3.8, 4) is 11.1 Å². The normalized spacial score (nSPS) is 14.8. The maximum absolute atomic E-state index is 11.7. The van der Waals surface area contributed by atoms with Crippen LogP contribution in [-0.4, -0.2) is 19.7 Å². The Balaban J connectivity index is 2.14. The highest BCUT2D eigenvalue weighted by atomic mass is 16.6. The van der Waals surface area contributed by atoms with E-state index in [9.17, 15) is 40.5 Å². The molecule has 4 rings (SSSR count). The SMILES string of the molecule is O=[N+]([O-])c1cc2c(c([N+](=O)[O-])c1)-c1c(cc([N+](=O)[O-])cc1[N+](=O)[O-])C2=C[C]1[CH][CH][CH][CH]1. The molecule has 31 heavy (non-hydrogen) atoms. The van der Waals surface area contributed by atoms with Crippen LogP contribution in [0.5, 0.6) is 0 Å². The van der Waals surface area contributed by atoms with Crippen molar-refractivity contribution >= 4 is 28.3 Å². The van der Waals surface area contributed by atoms with Crippen LogP contribution in [0.15, 0.2) is 30.3 Å². The van der Waals surface area contributed by atoms with Gasteiger partial charge in [-0.1, -0.05) is 6.08 Å². The maximum atomic E-state index is 11.7. The van der Waals surface area contributed by atoms with Gasteiger partial charge in [-0.3, -0.25) is 40.5 Å². The summed E-state index contributed by atoms with van der Waals surface area (Å²) in [5.41, 5.74) is -2.74. The number of nitro benzene ring substituents is 4. The monoisotopic (exact) mass is 421 g/mol. The third kappa shape index (κ3) is 3.27. The van der Waals surface area contributed by atoms with E-state index in [0.717, 1.165) is 24.3 Å². The first-order chi connectivity index (χ1) is 14.7. The van der Waals surface area contributed by atoms with E-state index in [-0.39, 0.29) is 27.8 Å². The lowest BCUT2D eigenvalue weighted by molar-refractivity contribution is -0.395. The summed E-state index contributed by atoms with van der Waals surface area (Å²) in [5, 5.41) is 46.1. The molecule has 1 fully saturated rings. The Hall–Kier alpha value is -4.22. The van der Waals surface area contributed by atoms with Gasteiger partial charge in [-0.2, -0.15) is 0 Å². The molecule has 0 bridgehead atoms. The zero-order valence-electron chi connectivity index (χ0n) is 15.3. The van der Waals surface area contributed by atoms with Crippen molar-refractivity contribution < 1.29 is 19.7 Å². The number of benzene rings is 2. The van der Waals surface area contributed by atoms with E-state index in [1.807, 2.05) is 0 Å². The summed E-state index contributed by atoms with van der Waals surface area (Å²) in [7, 11) is 0. The zero-order valence-corrected chi connectivity index (χ0v) is 15.3. The van der Waals surface area contributed by atoms with E-state index in [2.05, 4.69) is 0 Å². The van der Waals surface area contributed by atoms with Gasteiger partial charge in [0.1, 0.15) is 0 Å². The van der Waals surface area contributed by atoms with Crippen molar-refractivity contribution in [2.24, 2.45) is 0 Å². The predicted octanol–water partition coefficient (Wildman–Crippen LogP) is 4.14. The fraction of sp³-hybridized carbons (Fsp3) is 0. The van der Waals surface area contributed by atoms with Gasteiger partial charge in [0.05, 0.1) is 43.0 Å². The minimum Gasteiger partial charge on any atom is -0.258 e. The number of non-ortho nitro benzene ring substituents is 2. The second kappa shape index (κ2) is 7.23. The molecule has 0 N–H and O–H groups in total. The Kier molecular flexibility index (Phi) is 4.68. The van der Waals surface area contributed by atoms with Crippen LogP contribution < -0.4 is 0 Å². The van der Waals surface area contributed by atoms with Crippen LogP contribution in [0.4, 0.5) is 22.7 Å². The lowest BCUT2D eigenvalue weighted by Crippen LogP contribution is -1.99. The lowest BCUT2D eigenvalue weighted by Gasteiger charge is -2.07. The number of hydrogen-bond acceptors (Lipinski definition) is 8. The molecule has 12 heteroatoms. The van der Waals surface area contributed by atoms with Gasteiger partial charge in [0.25, 0.3) is 22.7 Å². The molecule has 0 heterocycles. The number of nitro groups is 4. The number of rotatable bonds is 5. The Morgan fingerprint density at radius 2 is 1.03 bits per heavy atom. The Morgan fingerprint density at radius 1 is 0.613 bits per heavy atom. The van der Waals surface area contributed by atoms with Crippen LogP contribution in [0.1, 0.15) is 11.1 Å². The van der Waals surface area contributed by atoms with Crippen LogP contribution in [0.2, 0.25) is 0 Å². The van der Waals surface area contributed by atoms with Gasteiger partial charge < -0.3 is 0 Å². The van der Waals surface area contributed by atoms with E-state index in [1.165, 1.54) is 6.08 Å². The van der Waals surface area contributed by atoms with Crippen molar-refractivity contribution in [2.45, 2.75) is 0 Å². The summed E-state index contributed by atoms with van der Waals surface area (Å²) in [6.45, 7) is 0. The molecule has 0 aliphatic heterocycles. The average Bonchev–Trinajstić information content (AvgIpc) is 3.33. The highest BCUT2D eigenvalue weighted by molar-refractivity contribution is 6.08. The van der Waals surface area contributed by atoms with Crippen LogP contribution in [-0.2, 0) is 0 Å². The molecule has 2 aromatic carbocycles. The van der Waals surface area contributed by atoms with Crippen LogP contribution in [0.3, 0.4) is 0 Å². The van der Waals surface area contributed by atoms with Crippen molar-refractivity contribution in [2.75, 3.05) is 0 Å². The quantitative estimate of drug-likeness (QED) is 0.436. The third-order valence-electron chi connectivity index (χ3n) is 4.85. The molecule has 0 saturated heterocycles. The number of hydrogen-bond donors (Lipinski definition) is 0. The summed E-state index contributed by atoms with van der Waals surface area (Å²) in [6, 6.07) is 3.59. The van der Waals surface area contributed by atoms with E-state index in [1.54, 1.807) is 25.7 Å². The lowest BCUT2D eigenvalue weighted by atomic mass is 9.96. The summed E-state index contributed by atoms with van der Waals surface area (Å²) >= 11 is 0. The van der Waals surface area contributed by atoms with E-state index in [0.29, 0.717) is 5.92 Å². The molecule has 12 nitrogen and oxygen atoms in total. The van der Waals surface area contributed by atoms with Crippen molar-refractivity contribution in [1.82, 2.24) is 0 Å². The van der Waals surface area contributed by atoms with E-state index < -0.39 is 42.4 Å². The molecule has 0 amide bonds. The summed E-state index contributed by atoms with van der Waals surface area (Å²) in [6.07, 6.45) is 8.29. The van der Waals surface area contributed by atoms with Gasteiger partial charge in [-0.05, 0) is 31.3 Å². The van der Waals surface area contributed by atoms with Crippen molar-refractivity contribution in [3.05, 3.63) is 114 Å². The average molecular weight is 421 g/mol. The molecular formula is C19H9N4O8. The molecule has 2 aliphatic rings. The van der Waals surface area contributed by atoms with Crippen LogP contribution in [0, 0.1) is 72.1 Å².